The Morgan fingerprint density at radius 1 is 1.20 bits per heavy atom. The molecule has 3 N–H and O–H groups in total. The van der Waals surface area contributed by atoms with Gasteiger partial charge in [0.25, 0.3) is 0 Å². The molecule has 1 unspecified atom stereocenters. The fourth-order valence-corrected chi connectivity index (χ4v) is 1.60. The molecule has 5 heteroatoms. The minimum atomic E-state index is -1.07. The molecule has 0 aliphatic rings. The Kier molecular flexibility index (Phi) is 4.91. The predicted molar refractivity (Wildman–Crippen MR) is 76.2 cm³/mol. The predicted octanol–water partition coefficient (Wildman–Crippen LogP) is 2.02. The number of carboxylic acid groups (broad SMARTS) is 1. The molecular formula is C15H19NO4. The number of hydrogen-bond acceptors (Lipinski definition) is 3. The number of aromatic hydroxyl groups is 1. The van der Waals surface area contributed by atoms with Crippen LogP contribution >= 0.6 is 0 Å². The van der Waals surface area contributed by atoms with Crippen LogP contribution in [0.15, 0.2) is 30.3 Å². The monoisotopic (exact) mass is 277 g/mol. The molecule has 0 spiro atoms. The van der Waals surface area contributed by atoms with E-state index in [9.17, 15) is 9.59 Å². The van der Waals surface area contributed by atoms with E-state index in [4.69, 9.17) is 10.2 Å². The largest absolute Gasteiger partial charge is 0.508 e. The Labute approximate surface area is 117 Å². The van der Waals surface area contributed by atoms with Crippen LogP contribution in [0.5, 0.6) is 5.75 Å². The van der Waals surface area contributed by atoms with Gasteiger partial charge in [-0.3, -0.25) is 4.79 Å². The summed E-state index contributed by atoms with van der Waals surface area (Å²) in [6.07, 6.45) is 2.82. The average Bonchev–Trinajstić information content (AvgIpc) is 2.33. The van der Waals surface area contributed by atoms with Crippen molar-refractivity contribution in [1.29, 1.82) is 0 Å². The molecule has 108 valence electrons. The van der Waals surface area contributed by atoms with Crippen molar-refractivity contribution in [2.75, 3.05) is 0 Å². The van der Waals surface area contributed by atoms with Gasteiger partial charge >= 0.3 is 5.97 Å². The molecule has 0 saturated heterocycles. The molecule has 0 aliphatic carbocycles. The summed E-state index contributed by atoms with van der Waals surface area (Å²) in [6.45, 7) is 5.24. The van der Waals surface area contributed by atoms with Gasteiger partial charge in [0.1, 0.15) is 11.8 Å². The highest BCUT2D eigenvalue weighted by Crippen LogP contribution is 2.19. The molecule has 0 bridgehead atoms. The summed E-state index contributed by atoms with van der Waals surface area (Å²) in [5.41, 5.74) is 0.161. The highest BCUT2D eigenvalue weighted by Gasteiger charge is 2.31. The van der Waals surface area contributed by atoms with Crippen LogP contribution < -0.4 is 5.32 Å². The van der Waals surface area contributed by atoms with Gasteiger partial charge in [-0.05, 0) is 29.2 Å². The Morgan fingerprint density at radius 2 is 1.75 bits per heavy atom. The molecule has 20 heavy (non-hydrogen) atoms. The van der Waals surface area contributed by atoms with E-state index in [1.54, 1.807) is 39.0 Å². The van der Waals surface area contributed by atoms with Crippen LogP contribution in [0, 0.1) is 5.41 Å². The molecule has 0 aromatic heterocycles. The van der Waals surface area contributed by atoms with E-state index in [0.717, 1.165) is 5.56 Å². The second-order valence-electron chi connectivity index (χ2n) is 5.57. The highest BCUT2D eigenvalue weighted by atomic mass is 16.4. The summed E-state index contributed by atoms with van der Waals surface area (Å²) >= 11 is 0. The summed E-state index contributed by atoms with van der Waals surface area (Å²) in [5, 5.41) is 20.7. The minimum Gasteiger partial charge on any atom is -0.508 e. The summed E-state index contributed by atoms with van der Waals surface area (Å²) in [7, 11) is 0. The quantitative estimate of drug-likeness (QED) is 0.735. The topological polar surface area (TPSA) is 86.6 Å². The lowest BCUT2D eigenvalue weighted by Crippen LogP contribution is -2.48. The Bertz CT molecular complexity index is 512. The number of carbonyl (C=O) groups excluding carboxylic acids is 1. The Hall–Kier alpha value is -2.30. The first-order valence-corrected chi connectivity index (χ1v) is 6.20. The van der Waals surface area contributed by atoms with Crippen molar-refractivity contribution in [3.8, 4) is 5.75 Å². The van der Waals surface area contributed by atoms with Gasteiger partial charge in [0, 0.05) is 6.08 Å². The van der Waals surface area contributed by atoms with Gasteiger partial charge in [0.15, 0.2) is 0 Å². The number of carbonyl (C=O) groups is 2. The highest BCUT2D eigenvalue weighted by molar-refractivity contribution is 5.94. The van der Waals surface area contributed by atoms with Crippen molar-refractivity contribution in [2.24, 2.45) is 5.41 Å². The third-order valence-electron chi connectivity index (χ3n) is 2.72. The van der Waals surface area contributed by atoms with Crippen molar-refractivity contribution in [2.45, 2.75) is 26.8 Å². The number of phenolic OH excluding ortho intramolecular Hbond substituents is 1. The average molecular weight is 277 g/mol. The first-order valence-electron chi connectivity index (χ1n) is 6.20. The maximum absolute atomic E-state index is 11.7. The van der Waals surface area contributed by atoms with Crippen LogP contribution in [0.1, 0.15) is 26.3 Å². The van der Waals surface area contributed by atoms with E-state index in [0.29, 0.717) is 0 Å². The second-order valence-corrected chi connectivity index (χ2v) is 5.57. The van der Waals surface area contributed by atoms with Gasteiger partial charge in [0.05, 0.1) is 0 Å². The van der Waals surface area contributed by atoms with Crippen LogP contribution in [-0.2, 0) is 9.59 Å². The molecule has 0 aliphatic heterocycles. The molecule has 0 fully saturated rings. The lowest BCUT2D eigenvalue weighted by atomic mass is 9.87. The maximum Gasteiger partial charge on any atom is 0.326 e. The minimum absolute atomic E-state index is 0.144. The summed E-state index contributed by atoms with van der Waals surface area (Å²) in [5.74, 6) is -1.39. The van der Waals surface area contributed by atoms with Crippen molar-refractivity contribution < 1.29 is 19.8 Å². The molecule has 1 aromatic carbocycles. The summed E-state index contributed by atoms with van der Waals surface area (Å²) in [4.78, 5) is 22.9. The second kappa shape index (κ2) is 6.23. The SMILES string of the molecule is CC(C)(C)C(NC(=O)/C=C/c1ccc(O)cc1)C(=O)O. The Balaban J connectivity index is 2.71. The van der Waals surface area contributed by atoms with Crippen molar-refractivity contribution in [1.82, 2.24) is 5.32 Å². The van der Waals surface area contributed by atoms with E-state index in [-0.39, 0.29) is 5.75 Å². The standard InChI is InChI=1S/C15H19NO4/c1-15(2,3)13(14(19)20)16-12(18)9-6-10-4-7-11(17)8-5-10/h4-9,13,17H,1-3H3,(H,16,18)(H,19,20)/b9-6+. The molecule has 1 amide bonds. The lowest BCUT2D eigenvalue weighted by Gasteiger charge is -2.27. The number of hydrogen-bond donors (Lipinski definition) is 3. The molecule has 0 saturated carbocycles. The number of benzene rings is 1. The van der Waals surface area contributed by atoms with Crippen molar-refractivity contribution in [3.63, 3.8) is 0 Å². The molecule has 0 radical (unpaired) electrons. The van der Waals surface area contributed by atoms with Crippen LogP contribution in [0.3, 0.4) is 0 Å². The number of carboxylic acids is 1. The third-order valence-corrected chi connectivity index (χ3v) is 2.72. The van der Waals surface area contributed by atoms with Crippen LogP contribution in [0.2, 0.25) is 0 Å². The van der Waals surface area contributed by atoms with Gasteiger partial charge in [-0.1, -0.05) is 32.9 Å². The van der Waals surface area contributed by atoms with Crippen molar-refractivity contribution >= 4 is 18.0 Å². The zero-order valence-corrected chi connectivity index (χ0v) is 11.8. The van der Waals surface area contributed by atoms with Gasteiger partial charge in [0.2, 0.25) is 5.91 Å². The fraction of sp³-hybridized carbons (Fsp3) is 0.333. The van der Waals surface area contributed by atoms with Gasteiger partial charge in [-0.25, -0.2) is 4.79 Å². The third kappa shape index (κ3) is 4.76. The molecule has 0 heterocycles. The molecule has 1 atom stereocenters. The van der Waals surface area contributed by atoms with E-state index in [2.05, 4.69) is 5.32 Å². The smallest absolute Gasteiger partial charge is 0.326 e. The van der Waals surface area contributed by atoms with Gasteiger partial charge < -0.3 is 15.5 Å². The van der Waals surface area contributed by atoms with Crippen LogP contribution in [-0.4, -0.2) is 28.1 Å². The van der Waals surface area contributed by atoms with Crippen LogP contribution in [0.25, 0.3) is 6.08 Å². The maximum atomic E-state index is 11.7. The van der Waals surface area contributed by atoms with E-state index in [1.165, 1.54) is 18.2 Å². The van der Waals surface area contributed by atoms with E-state index >= 15 is 0 Å². The zero-order valence-electron chi connectivity index (χ0n) is 11.8. The first kappa shape index (κ1) is 15.8. The normalized spacial score (nSPS) is 13.2. The number of amides is 1. The number of nitrogens with one attached hydrogen (secondary N) is 1. The Morgan fingerprint density at radius 3 is 2.20 bits per heavy atom. The van der Waals surface area contributed by atoms with Crippen molar-refractivity contribution in [3.05, 3.63) is 35.9 Å². The number of rotatable bonds is 4. The van der Waals surface area contributed by atoms with Gasteiger partial charge in [-0.2, -0.15) is 0 Å². The van der Waals surface area contributed by atoms with E-state index < -0.39 is 23.3 Å². The molecule has 1 aromatic rings. The number of aliphatic carboxylic acids is 1. The fourth-order valence-electron chi connectivity index (χ4n) is 1.60. The zero-order chi connectivity index (χ0) is 15.3. The first-order chi connectivity index (χ1) is 9.20. The molecule has 5 nitrogen and oxygen atoms in total. The molecule has 1 rings (SSSR count). The van der Waals surface area contributed by atoms with Gasteiger partial charge in [-0.15, -0.1) is 0 Å². The summed E-state index contributed by atoms with van der Waals surface area (Å²) < 4.78 is 0. The van der Waals surface area contributed by atoms with Crippen LogP contribution in [0.4, 0.5) is 0 Å². The van der Waals surface area contributed by atoms with E-state index in [1.807, 2.05) is 0 Å². The number of phenols is 1. The lowest BCUT2D eigenvalue weighted by molar-refractivity contribution is -0.144. The molecular weight excluding hydrogens is 258 g/mol. The summed E-state index contributed by atoms with van der Waals surface area (Å²) in [6, 6.07) is 5.36.